The lowest BCUT2D eigenvalue weighted by Gasteiger charge is -2.02. The van der Waals surface area contributed by atoms with Crippen molar-refractivity contribution in [3.63, 3.8) is 0 Å². The second kappa shape index (κ2) is 4.58. The zero-order valence-electron chi connectivity index (χ0n) is 7.90. The lowest BCUT2D eigenvalue weighted by molar-refractivity contribution is -0.131. The monoisotopic (exact) mass is 192 g/mol. The van der Waals surface area contributed by atoms with Crippen LogP contribution < -0.4 is 0 Å². The van der Waals surface area contributed by atoms with Gasteiger partial charge in [0.05, 0.1) is 6.61 Å². The lowest BCUT2D eigenvalue weighted by Crippen LogP contribution is -1.89. The zero-order valence-corrected chi connectivity index (χ0v) is 7.90. The van der Waals surface area contributed by atoms with Gasteiger partial charge in [0, 0.05) is 6.08 Å². The van der Waals surface area contributed by atoms with Crippen molar-refractivity contribution in [3.8, 4) is 0 Å². The van der Waals surface area contributed by atoms with Crippen LogP contribution in [-0.4, -0.2) is 16.2 Å². The maximum absolute atomic E-state index is 10.3. The van der Waals surface area contributed by atoms with Crippen molar-refractivity contribution in [1.82, 2.24) is 0 Å². The Balaban J connectivity index is 2.94. The van der Waals surface area contributed by atoms with Gasteiger partial charge in [0.15, 0.2) is 0 Å². The lowest BCUT2D eigenvalue weighted by atomic mass is 10.1. The highest BCUT2D eigenvalue weighted by Crippen LogP contribution is 2.12. The zero-order chi connectivity index (χ0) is 10.6. The number of carboxylic acids is 1. The first-order chi connectivity index (χ1) is 6.63. The summed E-state index contributed by atoms with van der Waals surface area (Å²) in [5.74, 6) is -0.962. The first-order valence-electron chi connectivity index (χ1n) is 4.25. The molecule has 14 heavy (non-hydrogen) atoms. The highest BCUT2D eigenvalue weighted by atomic mass is 16.4. The quantitative estimate of drug-likeness (QED) is 0.715. The van der Waals surface area contributed by atoms with Crippen molar-refractivity contribution in [3.05, 3.63) is 41.0 Å². The Morgan fingerprint density at radius 2 is 2.21 bits per heavy atom. The Morgan fingerprint density at radius 3 is 2.71 bits per heavy atom. The number of hydrogen-bond donors (Lipinski definition) is 2. The standard InChI is InChI=1S/C11H12O3/c1-8-6-9(7-12)2-3-10(8)4-5-11(13)14/h2-6,12H,7H2,1H3,(H,13,14). The Hall–Kier alpha value is -1.61. The summed E-state index contributed by atoms with van der Waals surface area (Å²) >= 11 is 0. The van der Waals surface area contributed by atoms with Crippen LogP contribution in [0.3, 0.4) is 0 Å². The molecule has 1 aromatic rings. The molecule has 0 heterocycles. The van der Waals surface area contributed by atoms with Gasteiger partial charge < -0.3 is 10.2 Å². The molecule has 3 nitrogen and oxygen atoms in total. The Labute approximate surface area is 82.3 Å². The molecule has 0 unspecified atom stereocenters. The Morgan fingerprint density at radius 1 is 1.50 bits per heavy atom. The molecule has 0 saturated heterocycles. The number of aryl methyl sites for hydroxylation is 1. The van der Waals surface area contributed by atoms with E-state index in [0.29, 0.717) is 0 Å². The molecular weight excluding hydrogens is 180 g/mol. The number of carboxylic acid groups (broad SMARTS) is 1. The summed E-state index contributed by atoms with van der Waals surface area (Å²) in [5.41, 5.74) is 2.63. The number of rotatable bonds is 3. The summed E-state index contributed by atoms with van der Waals surface area (Å²) in [7, 11) is 0. The van der Waals surface area contributed by atoms with Crippen LogP contribution in [0.4, 0.5) is 0 Å². The van der Waals surface area contributed by atoms with Crippen LogP contribution in [0, 0.1) is 6.92 Å². The summed E-state index contributed by atoms with van der Waals surface area (Å²) in [4.78, 5) is 10.3. The van der Waals surface area contributed by atoms with E-state index in [-0.39, 0.29) is 6.61 Å². The first-order valence-corrected chi connectivity index (χ1v) is 4.25. The number of hydrogen-bond acceptors (Lipinski definition) is 2. The third kappa shape index (κ3) is 2.71. The average Bonchev–Trinajstić information content (AvgIpc) is 2.15. The van der Waals surface area contributed by atoms with Crippen molar-refractivity contribution < 1.29 is 15.0 Å². The number of carbonyl (C=O) groups is 1. The van der Waals surface area contributed by atoms with Gasteiger partial charge in [-0.25, -0.2) is 4.79 Å². The van der Waals surface area contributed by atoms with E-state index in [1.165, 1.54) is 0 Å². The van der Waals surface area contributed by atoms with Gasteiger partial charge in [-0.2, -0.15) is 0 Å². The SMILES string of the molecule is Cc1cc(CO)ccc1C=CC(=O)O. The minimum absolute atomic E-state index is 0.00373. The van der Waals surface area contributed by atoms with Gasteiger partial charge in [0.1, 0.15) is 0 Å². The number of aliphatic hydroxyl groups excluding tert-OH is 1. The van der Waals surface area contributed by atoms with Crippen LogP contribution in [0.15, 0.2) is 24.3 Å². The Kier molecular flexibility index (Phi) is 3.42. The van der Waals surface area contributed by atoms with Crippen LogP contribution in [-0.2, 0) is 11.4 Å². The fraction of sp³-hybridized carbons (Fsp3) is 0.182. The molecule has 0 fully saturated rings. The number of benzene rings is 1. The number of aliphatic carboxylic acids is 1. The van der Waals surface area contributed by atoms with Crippen LogP contribution in [0.25, 0.3) is 6.08 Å². The molecule has 3 heteroatoms. The van der Waals surface area contributed by atoms with E-state index >= 15 is 0 Å². The van der Waals surface area contributed by atoms with E-state index < -0.39 is 5.97 Å². The largest absolute Gasteiger partial charge is 0.478 e. The first kappa shape index (κ1) is 10.5. The molecule has 0 aliphatic rings. The van der Waals surface area contributed by atoms with Gasteiger partial charge in [-0.1, -0.05) is 18.2 Å². The molecule has 0 aromatic heterocycles. The molecule has 0 saturated carbocycles. The molecule has 0 aliphatic heterocycles. The summed E-state index contributed by atoms with van der Waals surface area (Å²) in [6, 6.07) is 5.40. The van der Waals surface area contributed by atoms with E-state index in [1.807, 2.05) is 13.0 Å². The van der Waals surface area contributed by atoms with E-state index in [1.54, 1.807) is 18.2 Å². The molecule has 2 N–H and O–H groups in total. The molecule has 74 valence electrons. The summed E-state index contributed by atoms with van der Waals surface area (Å²) in [6.07, 6.45) is 2.64. The van der Waals surface area contributed by atoms with Crippen molar-refractivity contribution in [1.29, 1.82) is 0 Å². The normalized spacial score (nSPS) is 10.7. The van der Waals surface area contributed by atoms with Gasteiger partial charge in [0.25, 0.3) is 0 Å². The summed E-state index contributed by atoms with van der Waals surface area (Å²) in [5, 5.41) is 17.3. The predicted molar refractivity (Wildman–Crippen MR) is 53.8 cm³/mol. The maximum atomic E-state index is 10.3. The molecule has 0 radical (unpaired) electrons. The van der Waals surface area contributed by atoms with Gasteiger partial charge >= 0.3 is 5.97 Å². The van der Waals surface area contributed by atoms with Gasteiger partial charge in [-0.3, -0.25) is 0 Å². The second-order valence-corrected chi connectivity index (χ2v) is 3.02. The molecule has 0 spiro atoms. The Bertz CT molecular complexity index is 367. The fourth-order valence-corrected chi connectivity index (χ4v) is 1.18. The molecule has 0 atom stereocenters. The van der Waals surface area contributed by atoms with E-state index in [2.05, 4.69) is 0 Å². The van der Waals surface area contributed by atoms with E-state index in [4.69, 9.17) is 10.2 Å². The van der Waals surface area contributed by atoms with Crippen molar-refractivity contribution in [2.24, 2.45) is 0 Å². The molecular formula is C11H12O3. The smallest absolute Gasteiger partial charge is 0.328 e. The van der Waals surface area contributed by atoms with Gasteiger partial charge in [0.2, 0.25) is 0 Å². The molecule has 1 aromatic carbocycles. The maximum Gasteiger partial charge on any atom is 0.328 e. The van der Waals surface area contributed by atoms with Crippen LogP contribution in [0.5, 0.6) is 0 Å². The second-order valence-electron chi connectivity index (χ2n) is 3.02. The summed E-state index contributed by atoms with van der Waals surface area (Å²) < 4.78 is 0. The van der Waals surface area contributed by atoms with Crippen LogP contribution in [0.1, 0.15) is 16.7 Å². The molecule has 0 aliphatic carbocycles. The average molecular weight is 192 g/mol. The fourth-order valence-electron chi connectivity index (χ4n) is 1.18. The van der Waals surface area contributed by atoms with Gasteiger partial charge in [-0.15, -0.1) is 0 Å². The number of aliphatic hydroxyl groups is 1. The third-order valence-electron chi connectivity index (χ3n) is 1.92. The highest BCUT2D eigenvalue weighted by Gasteiger charge is 1.97. The molecule has 0 bridgehead atoms. The molecule has 0 amide bonds. The molecule has 1 rings (SSSR count). The van der Waals surface area contributed by atoms with Crippen molar-refractivity contribution in [2.45, 2.75) is 13.5 Å². The van der Waals surface area contributed by atoms with Crippen LogP contribution in [0.2, 0.25) is 0 Å². The third-order valence-corrected chi connectivity index (χ3v) is 1.92. The topological polar surface area (TPSA) is 57.5 Å². The predicted octanol–water partition coefficient (Wildman–Crippen LogP) is 1.59. The van der Waals surface area contributed by atoms with Crippen molar-refractivity contribution in [2.75, 3.05) is 0 Å². The minimum atomic E-state index is -0.962. The van der Waals surface area contributed by atoms with Crippen LogP contribution >= 0.6 is 0 Å². The van der Waals surface area contributed by atoms with Crippen molar-refractivity contribution >= 4 is 12.0 Å². The van der Waals surface area contributed by atoms with Gasteiger partial charge in [-0.05, 0) is 29.7 Å². The van der Waals surface area contributed by atoms with E-state index in [0.717, 1.165) is 22.8 Å². The van der Waals surface area contributed by atoms with E-state index in [9.17, 15) is 4.79 Å². The highest BCUT2D eigenvalue weighted by molar-refractivity contribution is 5.85. The summed E-state index contributed by atoms with van der Waals surface area (Å²) in [6.45, 7) is 1.88. The minimum Gasteiger partial charge on any atom is -0.478 e.